The Morgan fingerprint density at radius 2 is 1.84 bits per heavy atom. The van der Waals surface area contributed by atoms with Crippen molar-refractivity contribution in [3.63, 3.8) is 0 Å². The summed E-state index contributed by atoms with van der Waals surface area (Å²) in [7, 11) is 0. The van der Waals surface area contributed by atoms with Gasteiger partial charge in [-0.15, -0.1) is 18.3 Å². The lowest BCUT2D eigenvalue weighted by Crippen LogP contribution is -2.32. The fourth-order valence-electron chi connectivity index (χ4n) is 4.24. The lowest BCUT2D eigenvalue weighted by molar-refractivity contribution is -0.274. The molecule has 1 fully saturated rings. The van der Waals surface area contributed by atoms with Crippen LogP contribution in [0.25, 0.3) is 17.1 Å². The Labute approximate surface area is 258 Å². The molecule has 2 heterocycles. The molecule has 1 aliphatic heterocycles. The Morgan fingerprint density at radius 1 is 1.11 bits per heavy atom. The summed E-state index contributed by atoms with van der Waals surface area (Å²) in [4.78, 5) is 40.2. The van der Waals surface area contributed by atoms with Crippen LogP contribution in [0, 0.1) is 0 Å². The van der Waals surface area contributed by atoms with Gasteiger partial charge in [0.15, 0.2) is 11.0 Å². The summed E-state index contributed by atoms with van der Waals surface area (Å²) in [5, 5.41) is 5.06. The highest BCUT2D eigenvalue weighted by Gasteiger charge is 2.33. The second-order valence-corrected chi connectivity index (χ2v) is 11.1. The van der Waals surface area contributed by atoms with Crippen molar-refractivity contribution in [2.75, 3.05) is 10.7 Å². The van der Waals surface area contributed by atoms with Crippen molar-refractivity contribution in [2.45, 2.75) is 32.7 Å². The lowest BCUT2D eigenvalue weighted by atomic mass is 10.0. The molecule has 0 aliphatic carbocycles. The molecule has 3 aromatic carbocycles. The molecule has 44 heavy (non-hydrogen) atoms. The van der Waals surface area contributed by atoms with Gasteiger partial charge in [0.05, 0.1) is 23.7 Å². The predicted molar refractivity (Wildman–Crippen MR) is 160 cm³/mol. The monoisotopic (exact) mass is 644 g/mol. The van der Waals surface area contributed by atoms with Crippen LogP contribution < -0.4 is 15.1 Å². The molecular formula is C29H24ClF3N6O4S. The van der Waals surface area contributed by atoms with Crippen molar-refractivity contribution >= 4 is 46.2 Å². The van der Waals surface area contributed by atoms with Crippen molar-refractivity contribution in [3.8, 4) is 22.8 Å². The van der Waals surface area contributed by atoms with Crippen LogP contribution in [0.1, 0.15) is 30.9 Å². The number of aromatic nitrogens is 3. The maximum Gasteiger partial charge on any atom is 0.573 e. The number of hydroxylamine groups is 1. The first-order valence-electron chi connectivity index (χ1n) is 13.1. The van der Waals surface area contributed by atoms with Gasteiger partial charge in [0.25, 0.3) is 0 Å². The third-order valence-corrected chi connectivity index (χ3v) is 7.41. The van der Waals surface area contributed by atoms with Crippen LogP contribution in [0.2, 0.25) is 5.02 Å². The maximum atomic E-state index is 12.7. The molecule has 0 spiro atoms. The van der Waals surface area contributed by atoms with Gasteiger partial charge in [0.1, 0.15) is 12.1 Å². The second-order valence-electron chi connectivity index (χ2n) is 9.72. The number of halogens is 4. The Hall–Kier alpha value is -4.40. The van der Waals surface area contributed by atoms with Crippen LogP contribution in [-0.4, -0.2) is 44.0 Å². The number of hydrogen-bond acceptors (Lipinski definition) is 7. The van der Waals surface area contributed by atoms with Gasteiger partial charge in [-0.3, -0.25) is 14.5 Å². The summed E-state index contributed by atoms with van der Waals surface area (Å²) in [6.07, 6.45) is -3.33. The summed E-state index contributed by atoms with van der Waals surface area (Å²) in [5.41, 5.74) is 5.67. The minimum Gasteiger partial charge on any atom is -0.406 e. The van der Waals surface area contributed by atoms with E-state index in [9.17, 15) is 22.8 Å². The van der Waals surface area contributed by atoms with Gasteiger partial charge in [-0.25, -0.2) is 19.9 Å². The molecule has 1 saturated heterocycles. The molecule has 0 saturated carbocycles. The zero-order chi connectivity index (χ0) is 31.4. The Bertz CT molecular complexity index is 1690. The molecule has 15 heteroatoms. The van der Waals surface area contributed by atoms with E-state index in [0.29, 0.717) is 27.8 Å². The number of ether oxygens (including phenoxy) is 1. The number of hydrogen-bond donors (Lipinski definition) is 1. The smallest absolute Gasteiger partial charge is 0.406 e. The molecule has 1 N–H and O–H groups in total. The summed E-state index contributed by atoms with van der Waals surface area (Å²) in [6, 6.07) is 16.8. The van der Waals surface area contributed by atoms with E-state index in [0.717, 1.165) is 22.9 Å². The Morgan fingerprint density at radius 3 is 2.52 bits per heavy atom. The molecule has 10 nitrogen and oxygen atoms in total. The molecule has 228 valence electrons. The number of carbonyl (C=O) groups excluding carboxylic acids is 2. The van der Waals surface area contributed by atoms with E-state index in [2.05, 4.69) is 25.3 Å². The van der Waals surface area contributed by atoms with Gasteiger partial charge in [-0.05, 0) is 53.4 Å². The number of carbonyl (C=O) groups is 2. The number of urea groups is 1. The standard InChI is InChI=1S/C29H24ClF3N6O4S/c1-17(2)23-12-7-20(30)13-24(23)39-25(40)15-44-28(39)35-27(41)37-42-14-18-3-5-19(6-4-18)26-34-16-38(36-26)21-8-10-22(11-9-21)43-29(31,32)33/h3-13,16-17H,14-15H2,1-2H3,(H,37,41)/b35-28-. The van der Waals surface area contributed by atoms with E-state index >= 15 is 0 Å². The number of amides is 3. The quantitative estimate of drug-likeness (QED) is 0.208. The summed E-state index contributed by atoms with van der Waals surface area (Å²) < 4.78 is 42.5. The number of nitrogens with zero attached hydrogens (tertiary/aromatic N) is 5. The van der Waals surface area contributed by atoms with Gasteiger partial charge >= 0.3 is 12.4 Å². The van der Waals surface area contributed by atoms with Crippen molar-refractivity contribution in [2.24, 2.45) is 4.99 Å². The highest BCUT2D eigenvalue weighted by molar-refractivity contribution is 8.15. The number of anilines is 1. The minimum absolute atomic E-state index is 0.0344. The molecule has 3 amide bonds. The van der Waals surface area contributed by atoms with Crippen molar-refractivity contribution in [3.05, 3.63) is 89.2 Å². The topological polar surface area (TPSA) is 111 Å². The van der Waals surface area contributed by atoms with Crippen LogP contribution in [0.15, 0.2) is 78.0 Å². The third kappa shape index (κ3) is 7.56. The van der Waals surface area contributed by atoms with Crippen molar-refractivity contribution in [1.29, 1.82) is 0 Å². The van der Waals surface area contributed by atoms with Gasteiger partial charge in [0.2, 0.25) is 5.91 Å². The van der Waals surface area contributed by atoms with Gasteiger partial charge in [-0.2, -0.15) is 4.99 Å². The highest BCUT2D eigenvalue weighted by Crippen LogP contribution is 2.35. The van der Waals surface area contributed by atoms with E-state index in [1.54, 1.807) is 36.4 Å². The normalized spacial score (nSPS) is 14.5. The van der Waals surface area contributed by atoms with Crippen LogP contribution in [0.3, 0.4) is 0 Å². The number of thioether (sulfide) groups is 1. The van der Waals surface area contributed by atoms with E-state index in [1.807, 2.05) is 19.9 Å². The Balaban J connectivity index is 1.17. The number of benzene rings is 3. The maximum absolute atomic E-state index is 12.7. The first kappa shape index (κ1) is 31.0. The first-order valence-corrected chi connectivity index (χ1v) is 14.5. The number of aliphatic imine (C=N–C) groups is 1. The van der Waals surface area contributed by atoms with Crippen LogP contribution >= 0.6 is 23.4 Å². The highest BCUT2D eigenvalue weighted by atomic mass is 35.5. The largest absolute Gasteiger partial charge is 0.573 e. The number of nitrogens with one attached hydrogen (secondary N) is 1. The fourth-order valence-corrected chi connectivity index (χ4v) is 5.27. The summed E-state index contributed by atoms with van der Waals surface area (Å²) in [6.45, 7) is 4.03. The molecule has 0 bridgehead atoms. The van der Waals surface area contributed by atoms with Crippen LogP contribution in [-0.2, 0) is 16.2 Å². The molecule has 0 atom stereocenters. The van der Waals surface area contributed by atoms with Crippen molar-refractivity contribution in [1.82, 2.24) is 20.2 Å². The van der Waals surface area contributed by atoms with E-state index in [4.69, 9.17) is 16.4 Å². The number of amidine groups is 1. The van der Waals surface area contributed by atoms with Gasteiger partial charge in [-0.1, -0.05) is 67.5 Å². The predicted octanol–water partition coefficient (Wildman–Crippen LogP) is 6.89. The Kier molecular flexibility index (Phi) is 9.22. The average Bonchev–Trinajstić information content (AvgIpc) is 3.60. The van der Waals surface area contributed by atoms with Crippen LogP contribution in [0.4, 0.5) is 23.7 Å². The molecule has 4 aromatic rings. The second kappa shape index (κ2) is 13.1. The average molecular weight is 645 g/mol. The van der Waals surface area contributed by atoms with Crippen LogP contribution in [0.5, 0.6) is 5.75 Å². The molecule has 0 unspecified atom stereocenters. The fraction of sp³-hybridized carbons (Fsp3) is 0.207. The zero-order valence-electron chi connectivity index (χ0n) is 23.2. The summed E-state index contributed by atoms with van der Waals surface area (Å²) in [5.74, 6) is 0.0968. The first-order chi connectivity index (χ1) is 21.0. The zero-order valence-corrected chi connectivity index (χ0v) is 24.8. The molecule has 5 rings (SSSR count). The SMILES string of the molecule is CC(C)c1ccc(Cl)cc1N1C(=O)CS/C1=N\C(=O)NOCc1ccc(-c2ncn(-c3ccc(OC(F)(F)F)cc3)n2)cc1. The minimum atomic E-state index is -4.77. The van der Waals surface area contributed by atoms with E-state index in [-0.39, 0.29) is 35.1 Å². The summed E-state index contributed by atoms with van der Waals surface area (Å²) >= 11 is 7.34. The third-order valence-electron chi connectivity index (χ3n) is 6.26. The number of rotatable bonds is 8. The number of alkyl halides is 3. The van der Waals surface area contributed by atoms with Gasteiger partial charge in [0, 0.05) is 10.6 Å². The van der Waals surface area contributed by atoms with Gasteiger partial charge < -0.3 is 4.74 Å². The van der Waals surface area contributed by atoms with E-state index in [1.165, 1.54) is 40.2 Å². The lowest BCUT2D eigenvalue weighted by Gasteiger charge is -2.21. The molecule has 1 aromatic heterocycles. The molecule has 1 aliphatic rings. The van der Waals surface area contributed by atoms with E-state index < -0.39 is 12.4 Å². The molecule has 0 radical (unpaired) electrons. The van der Waals surface area contributed by atoms with Crippen molar-refractivity contribution < 1.29 is 32.3 Å². The molecular weight excluding hydrogens is 621 g/mol.